The van der Waals surface area contributed by atoms with E-state index in [4.69, 9.17) is 30.4 Å². The molecule has 7 rings (SSSR count). The van der Waals surface area contributed by atoms with Crippen LogP contribution in [0.25, 0.3) is 0 Å². The van der Waals surface area contributed by atoms with E-state index in [9.17, 15) is 26.4 Å². The molecule has 70 heavy (non-hydrogen) atoms. The van der Waals surface area contributed by atoms with Crippen LogP contribution in [0.3, 0.4) is 0 Å². The fourth-order valence-electron chi connectivity index (χ4n) is 7.49. The molecule has 0 aliphatic heterocycles. The van der Waals surface area contributed by atoms with Gasteiger partial charge in [-0.15, -0.1) is 0 Å². The highest BCUT2D eigenvalue weighted by Gasteiger charge is 2.41. The summed E-state index contributed by atoms with van der Waals surface area (Å²) < 4.78 is 84.1. The minimum atomic E-state index is -4.50. The molecule has 1 aliphatic carbocycles. The number of benzene rings is 6. The zero-order valence-electron chi connectivity index (χ0n) is 38.9. The molecule has 0 aromatic heterocycles. The van der Waals surface area contributed by atoms with E-state index >= 15 is 9.59 Å². The van der Waals surface area contributed by atoms with Gasteiger partial charge in [-0.1, -0.05) is 74.9 Å². The number of anilines is 4. The maximum Gasteiger partial charge on any atom is 0.338 e. The van der Waals surface area contributed by atoms with Gasteiger partial charge in [0.15, 0.2) is 23.1 Å². The lowest BCUT2D eigenvalue weighted by atomic mass is 9.80. The maximum atomic E-state index is 15.2. The normalized spacial score (nSPS) is 12.1. The van der Waals surface area contributed by atoms with Crippen LogP contribution in [-0.4, -0.2) is 53.6 Å². The van der Waals surface area contributed by atoms with E-state index in [2.05, 4.69) is 9.44 Å². The summed E-state index contributed by atoms with van der Waals surface area (Å²) in [6.45, 7) is 8.09. The summed E-state index contributed by atoms with van der Waals surface area (Å²) in [6, 6.07) is 25.6. The maximum absolute atomic E-state index is 15.2. The fraction of sp³-hybridized carbons (Fsp3) is 0.231. The van der Waals surface area contributed by atoms with Gasteiger partial charge in [-0.3, -0.25) is 19.0 Å². The Morgan fingerprint density at radius 1 is 0.500 bits per heavy atom. The Morgan fingerprint density at radius 3 is 1.17 bits per heavy atom. The van der Waals surface area contributed by atoms with Crippen LogP contribution in [0.5, 0.6) is 23.0 Å². The van der Waals surface area contributed by atoms with Crippen LogP contribution in [0.4, 0.5) is 22.7 Å². The number of nitrogens with two attached hydrogens (primary N) is 2. The van der Waals surface area contributed by atoms with Crippen LogP contribution >= 0.6 is 0 Å². The molecule has 0 atom stereocenters. The SMILES string of the molecule is CCCCCOC(=O)c1ccc(Oc2cc(NS(=O)(=O)c3ccc(C)cc3)c3c(c2N)C(=O)c2c(NS(=O)(=O)c4ccc(C)cc4)cc(Oc4ccc(C(=O)OCCCCC)cc4)c(N)c2C3=O)cc1. The number of fused-ring (bicyclic) bond motifs is 2. The molecule has 18 heteroatoms. The first-order valence-corrected chi connectivity index (χ1v) is 25.5. The zero-order valence-corrected chi connectivity index (χ0v) is 40.6. The van der Waals surface area contributed by atoms with E-state index in [0.717, 1.165) is 48.9 Å². The zero-order chi connectivity index (χ0) is 50.3. The van der Waals surface area contributed by atoms with Crippen molar-refractivity contribution in [2.24, 2.45) is 0 Å². The number of hydrogen-bond acceptors (Lipinski definition) is 14. The average molecular weight is 989 g/mol. The molecule has 6 aromatic rings. The molecule has 1 aliphatic rings. The third-order valence-corrected chi connectivity index (χ3v) is 14.1. The monoisotopic (exact) mass is 988 g/mol. The molecule has 0 amide bonds. The van der Waals surface area contributed by atoms with Crippen molar-refractivity contribution in [3.8, 4) is 23.0 Å². The molecule has 0 spiro atoms. The molecule has 6 aromatic carbocycles. The van der Waals surface area contributed by atoms with E-state index < -0.39 is 88.6 Å². The molecule has 0 saturated carbocycles. The minimum absolute atomic E-state index is 0.103. The highest BCUT2D eigenvalue weighted by atomic mass is 32.2. The average Bonchev–Trinajstić information content (AvgIpc) is 3.33. The predicted molar refractivity (Wildman–Crippen MR) is 265 cm³/mol. The summed E-state index contributed by atoms with van der Waals surface area (Å²) in [5, 5.41) is 0. The van der Waals surface area contributed by atoms with Gasteiger partial charge in [0.2, 0.25) is 0 Å². The molecular weight excluding hydrogens is 937 g/mol. The van der Waals surface area contributed by atoms with E-state index in [1.165, 1.54) is 72.8 Å². The van der Waals surface area contributed by atoms with Gasteiger partial charge in [0, 0.05) is 12.1 Å². The lowest BCUT2D eigenvalue weighted by Crippen LogP contribution is -2.28. The fourth-order valence-corrected chi connectivity index (χ4v) is 9.61. The number of sulfonamides is 2. The largest absolute Gasteiger partial charge is 0.462 e. The van der Waals surface area contributed by atoms with Crippen molar-refractivity contribution in [2.45, 2.75) is 76.0 Å². The Bertz CT molecular complexity index is 2980. The van der Waals surface area contributed by atoms with Crippen LogP contribution in [0.15, 0.2) is 119 Å². The Hall–Kier alpha value is -7.70. The first kappa shape index (κ1) is 50.2. The number of hydrogen-bond donors (Lipinski definition) is 4. The number of unbranched alkanes of at least 4 members (excludes halogenated alkanes) is 4. The van der Waals surface area contributed by atoms with Gasteiger partial charge in [-0.05, 0) is 99.5 Å². The van der Waals surface area contributed by atoms with Crippen molar-refractivity contribution in [3.05, 3.63) is 154 Å². The van der Waals surface area contributed by atoms with Crippen molar-refractivity contribution in [2.75, 3.05) is 34.1 Å². The van der Waals surface area contributed by atoms with Crippen LogP contribution in [0.2, 0.25) is 0 Å². The van der Waals surface area contributed by atoms with Crippen LogP contribution in [-0.2, 0) is 29.5 Å². The van der Waals surface area contributed by atoms with Gasteiger partial charge in [0.1, 0.15) is 11.5 Å². The lowest BCUT2D eigenvalue weighted by Gasteiger charge is -2.27. The van der Waals surface area contributed by atoms with Gasteiger partial charge in [0.25, 0.3) is 20.0 Å². The van der Waals surface area contributed by atoms with Crippen molar-refractivity contribution in [1.82, 2.24) is 0 Å². The van der Waals surface area contributed by atoms with E-state index in [1.54, 1.807) is 38.1 Å². The number of rotatable bonds is 20. The second kappa shape index (κ2) is 21.3. The highest BCUT2D eigenvalue weighted by molar-refractivity contribution is 7.93. The van der Waals surface area contributed by atoms with Gasteiger partial charge < -0.3 is 30.4 Å². The number of nitrogen functional groups attached to an aromatic ring is 2. The molecule has 0 saturated heterocycles. The molecule has 364 valence electrons. The van der Waals surface area contributed by atoms with Gasteiger partial charge in [-0.2, -0.15) is 0 Å². The Labute approximate surface area is 406 Å². The summed E-state index contributed by atoms with van der Waals surface area (Å²) in [5.74, 6) is -3.50. The van der Waals surface area contributed by atoms with Gasteiger partial charge in [0.05, 0.1) is 79.1 Å². The minimum Gasteiger partial charge on any atom is -0.462 e. The molecule has 0 radical (unpaired) electrons. The predicted octanol–water partition coefficient (Wildman–Crippen LogP) is 10.1. The first-order valence-electron chi connectivity index (χ1n) is 22.5. The number of carbonyl (C=O) groups excluding carboxylic acids is 4. The summed E-state index contributed by atoms with van der Waals surface area (Å²) >= 11 is 0. The standard InChI is InChI=1S/C52H52N4O12S2/c1-5-7-9-27-65-51(59)33-15-19-35(20-16-33)67-41-29-39(55-69(61,62)37-23-11-31(3)12-24-37)43-45(47(41)53)49(57)44-40(56-70(63,64)38-25-13-32(4)14-26-38)30-42(48(54)46(44)50(43)58)68-36-21-17-34(18-22-36)52(60)66-28-10-8-6-2/h11-26,29-30,55-56H,5-10,27-28,53-54H2,1-4H3. The van der Waals surface area contributed by atoms with Crippen molar-refractivity contribution < 1.29 is 55.0 Å². The molecule has 6 N–H and O–H groups in total. The number of ketones is 2. The smallest absolute Gasteiger partial charge is 0.338 e. The first-order chi connectivity index (χ1) is 33.4. The third-order valence-electron chi connectivity index (χ3n) is 11.3. The van der Waals surface area contributed by atoms with E-state index in [1.807, 2.05) is 13.8 Å². The molecular formula is C52H52N4O12S2. The van der Waals surface area contributed by atoms with Gasteiger partial charge in [-0.25, -0.2) is 26.4 Å². The summed E-state index contributed by atoms with van der Waals surface area (Å²) in [4.78, 5) is 55.4. The van der Waals surface area contributed by atoms with E-state index in [-0.39, 0.29) is 57.1 Å². The molecule has 0 unspecified atom stereocenters. The summed E-state index contributed by atoms with van der Waals surface area (Å²) in [7, 11) is -8.99. The number of aryl methyl sites for hydroxylation is 2. The van der Waals surface area contributed by atoms with Gasteiger partial charge >= 0.3 is 11.9 Å². The number of nitrogens with one attached hydrogen (secondary N) is 2. The molecule has 16 nitrogen and oxygen atoms in total. The lowest BCUT2D eigenvalue weighted by molar-refractivity contribution is 0.0489. The van der Waals surface area contributed by atoms with Crippen molar-refractivity contribution in [1.29, 1.82) is 0 Å². The quantitative estimate of drug-likeness (QED) is 0.0315. The topological polar surface area (TPSA) is 250 Å². The summed E-state index contributed by atoms with van der Waals surface area (Å²) in [6.07, 6.45) is 5.11. The number of esters is 2. The third kappa shape index (κ3) is 11.1. The van der Waals surface area contributed by atoms with Crippen LogP contribution in [0, 0.1) is 13.8 Å². The molecule has 0 bridgehead atoms. The summed E-state index contributed by atoms with van der Waals surface area (Å²) in [5.41, 5.74) is 11.7. The van der Waals surface area contributed by atoms with Crippen molar-refractivity contribution >= 4 is 66.3 Å². The van der Waals surface area contributed by atoms with Crippen LogP contribution < -0.4 is 30.4 Å². The highest BCUT2D eigenvalue weighted by Crippen LogP contribution is 2.48. The molecule has 0 fully saturated rings. The second-order valence-corrected chi connectivity index (χ2v) is 20.0. The Kier molecular flexibility index (Phi) is 15.3. The van der Waals surface area contributed by atoms with Crippen molar-refractivity contribution in [3.63, 3.8) is 0 Å². The molecule has 0 heterocycles. The Morgan fingerprint density at radius 2 is 0.843 bits per heavy atom. The Balaban J connectivity index is 1.35. The number of carbonyl (C=O) groups is 4. The van der Waals surface area contributed by atoms with Crippen LogP contribution in [0.1, 0.15) is 116 Å². The second-order valence-electron chi connectivity index (χ2n) is 16.6. The van der Waals surface area contributed by atoms with E-state index in [0.29, 0.717) is 12.8 Å². The number of ether oxygens (including phenoxy) is 4.